The molecule has 0 aliphatic heterocycles. The van der Waals surface area contributed by atoms with E-state index in [1.54, 1.807) is 14.0 Å². The fourth-order valence-corrected chi connectivity index (χ4v) is 1.23. The molecule has 0 aliphatic rings. The number of hydrogen-bond donors (Lipinski definition) is 2. The molecule has 0 bridgehead atoms. The minimum absolute atomic E-state index is 0.281. The highest BCUT2D eigenvalue weighted by atomic mass is 16.5. The maximum atomic E-state index is 9.83. The molecule has 0 saturated heterocycles. The van der Waals surface area contributed by atoms with Crippen LogP contribution in [-0.4, -0.2) is 55.0 Å². The quantitative estimate of drug-likeness (QED) is 0.615. The Morgan fingerprint density at radius 1 is 1.50 bits per heavy atom. The van der Waals surface area contributed by atoms with Gasteiger partial charge in [-0.25, -0.2) is 0 Å². The number of methoxy groups -OCH3 is 1. The third kappa shape index (κ3) is 5.54. The molecule has 0 fully saturated rings. The van der Waals surface area contributed by atoms with Crippen molar-refractivity contribution < 1.29 is 9.84 Å². The van der Waals surface area contributed by atoms with Crippen LogP contribution in [0.1, 0.15) is 20.8 Å². The minimum Gasteiger partial charge on any atom is -0.388 e. The molecule has 1 atom stereocenters. The van der Waals surface area contributed by atoms with Crippen molar-refractivity contribution in [2.45, 2.75) is 32.4 Å². The first-order valence-corrected chi connectivity index (χ1v) is 5.08. The summed E-state index contributed by atoms with van der Waals surface area (Å²) in [6.45, 7) is 8.33. The van der Waals surface area contributed by atoms with Crippen LogP contribution in [0, 0.1) is 0 Å². The number of rotatable bonds is 7. The van der Waals surface area contributed by atoms with Crippen molar-refractivity contribution in [3.05, 3.63) is 0 Å². The number of hydrogen-bond acceptors (Lipinski definition) is 4. The summed E-state index contributed by atoms with van der Waals surface area (Å²) >= 11 is 0. The van der Waals surface area contributed by atoms with E-state index in [1.165, 1.54) is 0 Å². The molecule has 0 saturated carbocycles. The van der Waals surface area contributed by atoms with Gasteiger partial charge < -0.3 is 15.6 Å². The average molecular weight is 204 g/mol. The summed E-state index contributed by atoms with van der Waals surface area (Å²) in [4.78, 5) is 2.16. The highest BCUT2D eigenvalue weighted by molar-refractivity contribution is 4.79. The van der Waals surface area contributed by atoms with Gasteiger partial charge in [-0.05, 0) is 20.8 Å². The van der Waals surface area contributed by atoms with E-state index in [0.717, 1.165) is 6.54 Å². The molecule has 3 N–H and O–H groups in total. The third-order valence-electron chi connectivity index (χ3n) is 2.30. The molecule has 86 valence electrons. The minimum atomic E-state index is -0.808. The molecule has 0 aromatic carbocycles. The van der Waals surface area contributed by atoms with E-state index in [0.29, 0.717) is 19.2 Å². The second-order valence-corrected chi connectivity index (χ2v) is 4.26. The van der Waals surface area contributed by atoms with Crippen molar-refractivity contribution in [1.82, 2.24) is 4.90 Å². The predicted octanol–water partition coefficient (Wildman–Crippen LogP) is 0.0529. The zero-order chi connectivity index (χ0) is 11.2. The van der Waals surface area contributed by atoms with E-state index in [9.17, 15) is 5.11 Å². The standard InChI is InChI=1S/C10H24N2O2/c1-9(2)12(5-6-14-4)8-10(3,13)7-11/h9,13H,5-8,11H2,1-4H3. The van der Waals surface area contributed by atoms with Crippen LogP contribution in [0.2, 0.25) is 0 Å². The molecule has 14 heavy (non-hydrogen) atoms. The lowest BCUT2D eigenvalue weighted by molar-refractivity contribution is 0.00924. The molecular weight excluding hydrogens is 180 g/mol. The van der Waals surface area contributed by atoms with Gasteiger partial charge in [0.05, 0.1) is 12.2 Å². The first-order valence-electron chi connectivity index (χ1n) is 5.08. The summed E-state index contributed by atoms with van der Waals surface area (Å²) in [5.41, 5.74) is 4.67. The van der Waals surface area contributed by atoms with Crippen molar-refractivity contribution in [2.75, 3.05) is 33.4 Å². The zero-order valence-corrected chi connectivity index (χ0v) is 9.79. The maximum absolute atomic E-state index is 9.83. The van der Waals surface area contributed by atoms with Gasteiger partial charge in [0, 0.05) is 32.8 Å². The number of ether oxygens (including phenoxy) is 1. The van der Waals surface area contributed by atoms with Crippen LogP contribution in [0.25, 0.3) is 0 Å². The highest BCUT2D eigenvalue weighted by Crippen LogP contribution is 2.07. The predicted molar refractivity (Wildman–Crippen MR) is 58.3 cm³/mol. The molecule has 4 nitrogen and oxygen atoms in total. The van der Waals surface area contributed by atoms with Crippen LogP contribution in [0.3, 0.4) is 0 Å². The van der Waals surface area contributed by atoms with Crippen molar-refractivity contribution in [3.63, 3.8) is 0 Å². The summed E-state index contributed by atoms with van der Waals surface area (Å²) in [6, 6.07) is 0.392. The van der Waals surface area contributed by atoms with Crippen LogP contribution < -0.4 is 5.73 Å². The van der Waals surface area contributed by atoms with Gasteiger partial charge in [0.25, 0.3) is 0 Å². The SMILES string of the molecule is COCCN(CC(C)(O)CN)C(C)C. The van der Waals surface area contributed by atoms with E-state index in [2.05, 4.69) is 18.7 Å². The van der Waals surface area contributed by atoms with Gasteiger partial charge in [-0.1, -0.05) is 0 Å². The second kappa shape index (κ2) is 6.35. The third-order valence-corrected chi connectivity index (χ3v) is 2.30. The molecule has 0 aromatic rings. The van der Waals surface area contributed by atoms with Crippen molar-refractivity contribution in [1.29, 1.82) is 0 Å². The Morgan fingerprint density at radius 2 is 2.07 bits per heavy atom. The molecular formula is C10H24N2O2. The normalized spacial score (nSPS) is 16.3. The Hall–Kier alpha value is -0.160. The number of aliphatic hydroxyl groups is 1. The van der Waals surface area contributed by atoms with Gasteiger partial charge in [0.1, 0.15) is 0 Å². The van der Waals surface area contributed by atoms with Gasteiger partial charge in [0.15, 0.2) is 0 Å². The lowest BCUT2D eigenvalue weighted by Crippen LogP contribution is -2.49. The van der Waals surface area contributed by atoms with Crippen LogP contribution >= 0.6 is 0 Å². The summed E-state index contributed by atoms with van der Waals surface area (Å²) in [6.07, 6.45) is 0. The monoisotopic (exact) mass is 204 g/mol. The lowest BCUT2D eigenvalue weighted by Gasteiger charge is -2.33. The largest absolute Gasteiger partial charge is 0.388 e. The van der Waals surface area contributed by atoms with E-state index >= 15 is 0 Å². The van der Waals surface area contributed by atoms with Gasteiger partial charge in [-0.15, -0.1) is 0 Å². The van der Waals surface area contributed by atoms with E-state index in [1.807, 2.05) is 0 Å². The Bertz CT molecular complexity index is 149. The number of nitrogens with two attached hydrogens (primary N) is 1. The van der Waals surface area contributed by atoms with Crippen LogP contribution in [0.5, 0.6) is 0 Å². The van der Waals surface area contributed by atoms with Crippen molar-refractivity contribution in [3.8, 4) is 0 Å². The first kappa shape index (κ1) is 13.8. The molecule has 4 heteroatoms. The lowest BCUT2D eigenvalue weighted by atomic mass is 10.1. The van der Waals surface area contributed by atoms with Crippen molar-refractivity contribution in [2.24, 2.45) is 5.73 Å². The molecule has 0 amide bonds. The van der Waals surface area contributed by atoms with E-state index < -0.39 is 5.60 Å². The average Bonchev–Trinajstić information content (AvgIpc) is 2.12. The van der Waals surface area contributed by atoms with Gasteiger partial charge in [0.2, 0.25) is 0 Å². The zero-order valence-electron chi connectivity index (χ0n) is 9.79. The van der Waals surface area contributed by atoms with Crippen LogP contribution in [-0.2, 0) is 4.74 Å². The van der Waals surface area contributed by atoms with Gasteiger partial charge in [-0.3, -0.25) is 4.90 Å². The van der Waals surface area contributed by atoms with Gasteiger partial charge >= 0.3 is 0 Å². The Kier molecular flexibility index (Phi) is 6.27. The van der Waals surface area contributed by atoms with Crippen molar-refractivity contribution >= 4 is 0 Å². The van der Waals surface area contributed by atoms with Crippen LogP contribution in [0.15, 0.2) is 0 Å². The molecule has 1 unspecified atom stereocenters. The summed E-state index contributed by atoms with van der Waals surface area (Å²) in [5, 5.41) is 9.83. The molecule has 0 aliphatic carbocycles. The number of nitrogens with zero attached hydrogens (tertiary/aromatic N) is 1. The Balaban J connectivity index is 4.08. The Labute approximate surface area is 87.0 Å². The fraction of sp³-hybridized carbons (Fsp3) is 1.00. The summed E-state index contributed by atoms with van der Waals surface area (Å²) < 4.78 is 5.02. The topological polar surface area (TPSA) is 58.7 Å². The highest BCUT2D eigenvalue weighted by Gasteiger charge is 2.23. The van der Waals surface area contributed by atoms with Crippen LogP contribution in [0.4, 0.5) is 0 Å². The summed E-state index contributed by atoms with van der Waals surface area (Å²) in [5.74, 6) is 0. The van der Waals surface area contributed by atoms with E-state index in [4.69, 9.17) is 10.5 Å². The second-order valence-electron chi connectivity index (χ2n) is 4.26. The van der Waals surface area contributed by atoms with Gasteiger partial charge in [-0.2, -0.15) is 0 Å². The molecule has 0 aromatic heterocycles. The molecule has 0 heterocycles. The molecule has 0 rings (SSSR count). The van der Waals surface area contributed by atoms with E-state index in [-0.39, 0.29) is 6.54 Å². The fourth-order valence-electron chi connectivity index (χ4n) is 1.23. The maximum Gasteiger partial charge on any atom is 0.0867 e. The first-order chi connectivity index (χ1) is 6.43. The summed E-state index contributed by atoms with van der Waals surface area (Å²) in [7, 11) is 1.68. The Morgan fingerprint density at radius 3 is 2.43 bits per heavy atom. The smallest absolute Gasteiger partial charge is 0.0867 e. The molecule has 0 spiro atoms. The molecule has 0 radical (unpaired) electrons.